The van der Waals surface area contributed by atoms with Crippen molar-refractivity contribution in [2.24, 2.45) is 10.2 Å². The van der Waals surface area contributed by atoms with Gasteiger partial charge in [0.15, 0.2) is 5.82 Å². The molecule has 3 N–H and O–H groups in total. The zero-order chi connectivity index (χ0) is 33.7. The molecule has 0 unspecified atom stereocenters. The highest BCUT2D eigenvalue weighted by Crippen LogP contribution is 2.40. The van der Waals surface area contributed by atoms with Gasteiger partial charge in [-0.15, -0.1) is 10.2 Å². The summed E-state index contributed by atoms with van der Waals surface area (Å²) in [4.78, 5) is 25.5. The summed E-state index contributed by atoms with van der Waals surface area (Å²) in [5.41, 5.74) is 1.80. The van der Waals surface area contributed by atoms with Gasteiger partial charge in [-0.3, -0.25) is 14.1 Å². The first kappa shape index (κ1) is 35.4. The van der Waals surface area contributed by atoms with Gasteiger partial charge in [0.25, 0.3) is 10.1 Å². The molecular formula is C29H34Cl2N8O5S. The quantitative estimate of drug-likeness (QED) is 0.147. The molecule has 1 aromatic heterocycles. The second-order valence-corrected chi connectivity index (χ2v) is 13.5. The van der Waals surface area contributed by atoms with E-state index in [2.05, 4.69) is 32.0 Å². The zero-order valence-corrected chi connectivity index (χ0v) is 28.0. The number of benzene rings is 2. The molecule has 240 valence electrons. The zero-order valence-electron chi connectivity index (χ0n) is 25.6. The van der Waals surface area contributed by atoms with Crippen molar-refractivity contribution < 1.29 is 22.6 Å². The number of carbonyl (C=O) groups is 2. The van der Waals surface area contributed by atoms with E-state index < -0.39 is 15.5 Å². The van der Waals surface area contributed by atoms with Crippen molar-refractivity contribution in [1.82, 2.24) is 9.78 Å². The highest BCUT2D eigenvalue weighted by molar-refractivity contribution is 7.85. The number of rotatable bonds is 11. The Morgan fingerprint density at radius 1 is 1.09 bits per heavy atom. The number of amides is 2. The maximum atomic E-state index is 12.1. The monoisotopic (exact) mass is 676 g/mol. The van der Waals surface area contributed by atoms with Crippen molar-refractivity contribution in [2.45, 2.75) is 53.4 Å². The van der Waals surface area contributed by atoms with Gasteiger partial charge in [-0.1, -0.05) is 44.0 Å². The van der Waals surface area contributed by atoms with Gasteiger partial charge in [-0.05, 0) is 43.7 Å². The third kappa shape index (κ3) is 9.24. The third-order valence-electron chi connectivity index (χ3n) is 6.35. The fraction of sp³-hybridized carbons (Fsp3) is 0.379. The van der Waals surface area contributed by atoms with E-state index in [1.165, 1.54) is 30.7 Å². The molecule has 0 fully saturated rings. The minimum absolute atomic E-state index is 0.0387. The molecule has 0 saturated carbocycles. The van der Waals surface area contributed by atoms with Crippen LogP contribution in [0, 0.1) is 11.3 Å². The molecule has 1 heterocycles. The van der Waals surface area contributed by atoms with Crippen LogP contribution in [0.1, 0.15) is 59.2 Å². The van der Waals surface area contributed by atoms with E-state index in [-0.39, 0.29) is 56.8 Å². The first-order valence-corrected chi connectivity index (χ1v) is 16.2. The number of nitrogens with zero attached hydrogens (tertiary/aromatic N) is 6. The van der Waals surface area contributed by atoms with Crippen LogP contribution >= 0.6 is 23.2 Å². The largest absolute Gasteiger partial charge is 0.372 e. The van der Waals surface area contributed by atoms with Gasteiger partial charge in [0.1, 0.15) is 23.0 Å². The molecule has 0 aliphatic carbocycles. The van der Waals surface area contributed by atoms with Gasteiger partial charge in [-0.2, -0.15) is 18.8 Å². The topological polar surface area (TPSA) is 182 Å². The number of nitriles is 1. The van der Waals surface area contributed by atoms with E-state index in [9.17, 15) is 23.3 Å². The molecule has 2 aromatic carbocycles. The molecule has 3 aromatic rings. The average molecular weight is 678 g/mol. The number of azo groups is 1. The lowest BCUT2D eigenvalue weighted by molar-refractivity contribution is -0.115. The molecule has 2 amide bonds. The van der Waals surface area contributed by atoms with E-state index in [1.807, 2.05) is 32.6 Å². The van der Waals surface area contributed by atoms with Gasteiger partial charge >= 0.3 is 0 Å². The fourth-order valence-corrected chi connectivity index (χ4v) is 5.58. The standard InChI is InChI=1S/C29H34Cl2N8O5S/c1-7-38(11-8-12-45(42,43)44)20-9-10-24(25(15-20)34-18(3)41)35-36-28-21(16-32)27(29(4,5)6)37-39(28)26-22(30)13-19(14-23(26)31)33-17(2)40/h9-10,13-15H,7-8,11-12H2,1-6H3,(H,33,40)(H,34,41)(H,42,43,44). The highest BCUT2D eigenvalue weighted by Gasteiger charge is 2.29. The third-order valence-corrected chi connectivity index (χ3v) is 7.73. The Morgan fingerprint density at radius 2 is 1.71 bits per heavy atom. The molecule has 0 aliphatic rings. The molecule has 13 nitrogen and oxygen atoms in total. The van der Waals surface area contributed by atoms with Crippen LogP contribution in [-0.2, 0) is 25.1 Å². The molecule has 45 heavy (non-hydrogen) atoms. The Kier molecular flexibility index (Phi) is 11.3. The van der Waals surface area contributed by atoms with Gasteiger partial charge in [0, 0.05) is 43.7 Å². The molecule has 3 rings (SSSR count). The van der Waals surface area contributed by atoms with Crippen molar-refractivity contribution >= 4 is 73.7 Å². The summed E-state index contributed by atoms with van der Waals surface area (Å²) in [5, 5.41) is 29.3. The molecule has 0 bridgehead atoms. The second-order valence-electron chi connectivity index (χ2n) is 11.1. The number of carbonyl (C=O) groups excluding carboxylic acids is 2. The number of hydrogen-bond donors (Lipinski definition) is 3. The Morgan fingerprint density at radius 3 is 2.22 bits per heavy atom. The van der Waals surface area contributed by atoms with Gasteiger partial charge < -0.3 is 15.5 Å². The van der Waals surface area contributed by atoms with Crippen LogP contribution in [0.5, 0.6) is 0 Å². The summed E-state index contributed by atoms with van der Waals surface area (Å²) in [6.07, 6.45) is 0.192. The Hall–Kier alpha value is -4.03. The summed E-state index contributed by atoms with van der Waals surface area (Å²) in [6.45, 7) is 11.1. The van der Waals surface area contributed by atoms with Gasteiger partial charge in [0.05, 0.1) is 27.2 Å². The van der Waals surface area contributed by atoms with Crippen molar-refractivity contribution in [3.63, 3.8) is 0 Å². The number of aromatic nitrogens is 2. The predicted molar refractivity (Wildman–Crippen MR) is 175 cm³/mol. The Balaban J connectivity index is 2.16. The summed E-state index contributed by atoms with van der Waals surface area (Å²) in [6, 6.07) is 10.2. The summed E-state index contributed by atoms with van der Waals surface area (Å²) in [7, 11) is -4.10. The highest BCUT2D eigenvalue weighted by atomic mass is 35.5. The number of nitrogens with one attached hydrogen (secondary N) is 2. The van der Waals surface area contributed by atoms with Crippen molar-refractivity contribution in [2.75, 3.05) is 34.4 Å². The predicted octanol–water partition coefficient (Wildman–Crippen LogP) is 6.78. The van der Waals surface area contributed by atoms with Crippen LogP contribution < -0.4 is 15.5 Å². The average Bonchev–Trinajstić information content (AvgIpc) is 3.27. The van der Waals surface area contributed by atoms with Crippen LogP contribution in [0.15, 0.2) is 40.6 Å². The maximum absolute atomic E-state index is 12.1. The fourth-order valence-electron chi connectivity index (χ4n) is 4.44. The van der Waals surface area contributed by atoms with E-state index in [4.69, 9.17) is 27.8 Å². The smallest absolute Gasteiger partial charge is 0.264 e. The summed E-state index contributed by atoms with van der Waals surface area (Å²) >= 11 is 13.2. The Bertz CT molecular complexity index is 1770. The molecular weight excluding hydrogens is 643 g/mol. The lowest BCUT2D eigenvalue weighted by atomic mass is 9.90. The van der Waals surface area contributed by atoms with Crippen LogP contribution in [0.25, 0.3) is 5.69 Å². The van der Waals surface area contributed by atoms with Gasteiger partial charge in [0.2, 0.25) is 11.8 Å². The van der Waals surface area contributed by atoms with E-state index >= 15 is 0 Å². The van der Waals surface area contributed by atoms with Crippen LogP contribution in [0.2, 0.25) is 10.0 Å². The van der Waals surface area contributed by atoms with E-state index in [1.54, 1.807) is 18.2 Å². The summed E-state index contributed by atoms with van der Waals surface area (Å²) < 4.78 is 32.7. The van der Waals surface area contributed by atoms with Crippen molar-refractivity contribution in [3.05, 3.63) is 51.6 Å². The maximum Gasteiger partial charge on any atom is 0.264 e. The minimum Gasteiger partial charge on any atom is -0.372 e. The van der Waals surface area contributed by atoms with Gasteiger partial charge in [-0.25, -0.2) is 4.68 Å². The molecule has 0 saturated heterocycles. The summed E-state index contributed by atoms with van der Waals surface area (Å²) in [5.74, 6) is -1.03. The van der Waals surface area contributed by atoms with Crippen molar-refractivity contribution in [3.8, 4) is 11.8 Å². The van der Waals surface area contributed by atoms with Crippen molar-refractivity contribution in [1.29, 1.82) is 5.26 Å². The minimum atomic E-state index is -4.10. The SMILES string of the molecule is CCN(CCCS(=O)(=O)O)c1ccc(N=Nc2c(C#N)c(C(C)(C)C)nn2-c2c(Cl)cc(NC(C)=O)cc2Cl)c(NC(C)=O)c1. The van der Waals surface area contributed by atoms with Crippen LogP contribution in [0.4, 0.5) is 28.6 Å². The van der Waals surface area contributed by atoms with Crippen LogP contribution in [-0.4, -0.2) is 53.4 Å². The molecule has 0 aliphatic heterocycles. The van der Waals surface area contributed by atoms with E-state index in [0.29, 0.717) is 35.8 Å². The lowest BCUT2D eigenvalue weighted by Gasteiger charge is -2.24. The number of anilines is 3. The second kappa shape index (κ2) is 14.4. The normalized spacial score (nSPS) is 11.8. The van der Waals surface area contributed by atoms with E-state index in [0.717, 1.165) is 0 Å². The molecule has 0 spiro atoms. The Labute approximate surface area is 272 Å². The first-order chi connectivity index (χ1) is 20.9. The molecule has 0 radical (unpaired) electrons. The van der Waals surface area contributed by atoms with Crippen LogP contribution in [0.3, 0.4) is 0 Å². The number of halogens is 2. The lowest BCUT2D eigenvalue weighted by Crippen LogP contribution is -2.25. The number of hydrogen-bond acceptors (Lipinski definition) is 9. The molecule has 16 heteroatoms. The first-order valence-electron chi connectivity index (χ1n) is 13.8. The molecule has 0 atom stereocenters.